The third-order valence-electron chi connectivity index (χ3n) is 2.39. The Morgan fingerprint density at radius 2 is 2.18 bits per heavy atom. The van der Waals surface area contributed by atoms with Crippen molar-refractivity contribution in [1.82, 2.24) is 15.1 Å². The molecule has 0 bridgehead atoms. The van der Waals surface area contributed by atoms with Gasteiger partial charge in [-0.3, -0.25) is 9.48 Å². The van der Waals surface area contributed by atoms with E-state index >= 15 is 0 Å². The van der Waals surface area contributed by atoms with Crippen molar-refractivity contribution < 1.29 is 14.3 Å². The molecule has 1 amide bonds. The van der Waals surface area contributed by atoms with E-state index in [1.807, 2.05) is 13.8 Å². The molecule has 0 atom stereocenters. The molecule has 0 saturated carbocycles. The normalized spacial score (nSPS) is 10.9. The van der Waals surface area contributed by atoms with E-state index in [9.17, 15) is 4.79 Å². The van der Waals surface area contributed by atoms with E-state index in [-0.39, 0.29) is 5.91 Å². The number of hydrogen-bond donors (Lipinski definition) is 1. The number of carbonyl (C=O) groups excluding carboxylic acids is 1. The van der Waals surface area contributed by atoms with Crippen molar-refractivity contribution in [3.05, 3.63) is 17.5 Å². The van der Waals surface area contributed by atoms with Crippen molar-refractivity contribution in [2.45, 2.75) is 26.7 Å². The Labute approximate surface area is 101 Å². The van der Waals surface area contributed by atoms with Crippen LogP contribution >= 0.6 is 0 Å². The topological polar surface area (TPSA) is 65.4 Å². The number of nitrogens with one attached hydrogen (secondary N) is 1. The summed E-state index contributed by atoms with van der Waals surface area (Å²) in [6.45, 7) is 4.76. The molecule has 0 radical (unpaired) electrons. The van der Waals surface area contributed by atoms with Crippen molar-refractivity contribution in [3.63, 3.8) is 0 Å². The Hall–Kier alpha value is -1.40. The van der Waals surface area contributed by atoms with Gasteiger partial charge < -0.3 is 14.8 Å². The van der Waals surface area contributed by atoms with E-state index in [0.717, 1.165) is 5.69 Å². The fourth-order valence-corrected chi connectivity index (χ4v) is 1.50. The summed E-state index contributed by atoms with van der Waals surface area (Å²) in [7, 11) is 3.06. The number of nitrogens with zero attached hydrogens (tertiary/aromatic N) is 2. The summed E-state index contributed by atoms with van der Waals surface area (Å²) in [5.41, 5.74) is 1.38. The summed E-state index contributed by atoms with van der Waals surface area (Å²) in [4.78, 5) is 11.9. The number of aromatic nitrogens is 2. The summed E-state index contributed by atoms with van der Waals surface area (Å²) in [5.74, 6) is -0.174. The summed E-state index contributed by atoms with van der Waals surface area (Å²) >= 11 is 0. The molecule has 0 spiro atoms. The first-order chi connectivity index (χ1) is 8.12. The average Bonchev–Trinajstić information content (AvgIpc) is 2.71. The third-order valence-corrected chi connectivity index (χ3v) is 2.39. The molecule has 17 heavy (non-hydrogen) atoms. The van der Waals surface area contributed by atoms with Gasteiger partial charge in [0.15, 0.2) is 6.29 Å². The number of methoxy groups -OCH3 is 2. The van der Waals surface area contributed by atoms with E-state index in [4.69, 9.17) is 9.47 Å². The number of rotatable bonds is 6. The molecule has 1 heterocycles. The first kappa shape index (κ1) is 13.7. The number of amides is 1. The monoisotopic (exact) mass is 241 g/mol. The van der Waals surface area contributed by atoms with Crippen molar-refractivity contribution >= 4 is 5.91 Å². The maximum absolute atomic E-state index is 11.9. The third kappa shape index (κ3) is 3.54. The molecule has 6 nitrogen and oxygen atoms in total. The van der Waals surface area contributed by atoms with Crippen LogP contribution < -0.4 is 5.32 Å². The van der Waals surface area contributed by atoms with Gasteiger partial charge in [-0.25, -0.2) is 0 Å². The molecule has 96 valence electrons. The minimum atomic E-state index is -0.432. The molecular formula is C11H19N3O3. The molecule has 0 saturated heterocycles. The van der Waals surface area contributed by atoms with Crippen LogP contribution in [0.4, 0.5) is 0 Å². The second kappa shape index (κ2) is 6.36. The van der Waals surface area contributed by atoms with E-state index < -0.39 is 6.29 Å². The predicted molar refractivity (Wildman–Crippen MR) is 62.8 cm³/mol. The van der Waals surface area contributed by atoms with E-state index in [2.05, 4.69) is 10.4 Å². The van der Waals surface area contributed by atoms with Gasteiger partial charge in [0.05, 0.1) is 12.2 Å². The zero-order valence-electron chi connectivity index (χ0n) is 10.7. The predicted octanol–water partition coefficient (Wildman–Crippen LogP) is 0.560. The second-order valence-electron chi connectivity index (χ2n) is 3.60. The van der Waals surface area contributed by atoms with E-state index in [1.54, 1.807) is 10.7 Å². The maximum Gasteiger partial charge on any atom is 0.269 e. The number of hydrogen-bond acceptors (Lipinski definition) is 4. The van der Waals surface area contributed by atoms with Gasteiger partial charge in [-0.05, 0) is 19.9 Å². The molecule has 0 aliphatic heterocycles. The lowest BCUT2D eigenvalue weighted by atomic mass is 10.3. The highest BCUT2D eigenvalue weighted by molar-refractivity contribution is 5.92. The van der Waals surface area contributed by atoms with Crippen LogP contribution in [0.15, 0.2) is 6.07 Å². The average molecular weight is 241 g/mol. The van der Waals surface area contributed by atoms with Crippen LogP contribution in [-0.2, 0) is 16.0 Å². The van der Waals surface area contributed by atoms with Gasteiger partial charge in [-0.1, -0.05) is 0 Å². The van der Waals surface area contributed by atoms with Crippen LogP contribution in [0, 0.1) is 6.92 Å². The maximum atomic E-state index is 11.9. The fraction of sp³-hybridized carbons (Fsp3) is 0.636. The van der Waals surface area contributed by atoms with Crippen molar-refractivity contribution in [2.75, 3.05) is 20.8 Å². The molecular weight excluding hydrogens is 222 g/mol. The smallest absolute Gasteiger partial charge is 0.269 e. The standard InChI is InChI=1S/C11H19N3O3/c1-5-14-9(6-8(2)13-14)11(15)12-7-10(16-3)17-4/h6,10H,5,7H2,1-4H3,(H,12,15). The van der Waals surface area contributed by atoms with Gasteiger partial charge in [-0.2, -0.15) is 5.10 Å². The highest BCUT2D eigenvalue weighted by atomic mass is 16.7. The number of aryl methyl sites for hydroxylation is 2. The van der Waals surface area contributed by atoms with Crippen LogP contribution in [-0.4, -0.2) is 42.7 Å². The van der Waals surface area contributed by atoms with Crippen LogP contribution in [0.3, 0.4) is 0 Å². The van der Waals surface area contributed by atoms with Gasteiger partial charge >= 0.3 is 0 Å². The molecule has 0 fully saturated rings. The lowest BCUT2D eigenvalue weighted by Gasteiger charge is -2.14. The minimum Gasteiger partial charge on any atom is -0.354 e. The molecule has 6 heteroatoms. The molecule has 0 aliphatic carbocycles. The Morgan fingerprint density at radius 1 is 1.53 bits per heavy atom. The zero-order chi connectivity index (χ0) is 12.8. The van der Waals surface area contributed by atoms with Gasteiger partial charge in [0.2, 0.25) is 0 Å². The number of carbonyl (C=O) groups is 1. The van der Waals surface area contributed by atoms with Crippen LogP contribution in [0.5, 0.6) is 0 Å². The lowest BCUT2D eigenvalue weighted by Crippen LogP contribution is -2.35. The Kier molecular flexibility index (Phi) is 5.11. The summed E-state index contributed by atoms with van der Waals surface area (Å²) in [6.07, 6.45) is -0.432. The number of ether oxygens (including phenoxy) is 2. The van der Waals surface area contributed by atoms with E-state index in [1.165, 1.54) is 14.2 Å². The highest BCUT2D eigenvalue weighted by Gasteiger charge is 2.14. The van der Waals surface area contributed by atoms with Crippen molar-refractivity contribution in [1.29, 1.82) is 0 Å². The zero-order valence-corrected chi connectivity index (χ0v) is 10.7. The minimum absolute atomic E-state index is 0.174. The van der Waals surface area contributed by atoms with Gasteiger partial charge in [0.25, 0.3) is 5.91 Å². The Morgan fingerprint density at radius 3 is 2.71 bits per heavy atom. The van der Waals surface area contributed by atoms with Crippen LogP contribution in [0.1, 0.15) is 23.1 Å². The van der Waals surface area contributed by atoms with Crippen molar-refractivity contribution in [2.24, 2.45) is 0 Å². The lowest BCUT2D eigenvalue weighted by molar-refractivity contribution is -0.0974. The van der Waals surface area contributed by atoms with Crippen molar-refractivity contribution in [3.8, 4) is 0 Å². The fourth-order valence-electron chi connectivity index (χ4n) is 1.50. The molecule has 1 N–H and O–H groups in total. The molecule has 1 aromatic rings. The Balaban J connectivity index is 2.63. The molecule has 1 aromatic heterocycles. The van der Waals surface area contributed by atoms with Gasteiger partial charge in [0.1, 0.15) is 5.69 Å². The SMILES string of the molecule is CCn1nc(C)cc1C(=O)NCC(OC)OC. The summed E-state index contributed by atoms with van der Waals surface area (Å²) in [6, 6.07) is 1.76. The van der Waals surface area contributed by atoms with Crippen LogP contribution in [0.25, 0.3) is 0 Å². The first-order valence-electron chi connectivity index (χ1n) is 5.50. The molecule has 0 unspecified atom stereocenters. The van der Waals surface area contributed by atoms with Crippen LogP contribution in [0.2, 0.25) is 0 Å². The quantitative estimate of drug-likeness (QED) is 0.739. The molecule has 0 aliphatic rings. The first-order valence-corrected chi connectivity index (χ1v) is 5.50. The summed E-state index contributed by atoms with van der Waals surface area (Å²) < 4.78 is 11.6. The summed E-state index contributed by atoms with van der Waals surface area (Å²) in [5, 5.41) is 6.95. The second-order valence-corrected chi connectivity index (χ2v) is 3.60. The molecule has 1 rings (SSSR count). The molecule has 0 aromatic carbocycles. The van der Waals surface area contributed by atoms with Gasteiger partial charge in [0, 0.05) is 20.8 Å². The van der Waals surface area contributed by atoms with Gasteiger partial charge in [-0.15, -0.1) is 0 Å². The largest absolute Gasteiger partial charge is 0.354 e. The highest BCUT2D eigenvalue weighted by Crippen LogP contribution is 2.03. The van der Waals surface area contributed by atoms with E-state index in [0.29, 0.717) is 18.8 Å². The Bertz CT molecular complexity index is 372.